The zero-order valence-corrected chi connectivity index (χ0v) is 17.2. The Labute approximate surface area is 183 Å². The minimum Gasteiger partial charge on any atom is -0.494 e. The van der Waals surface area contributed by atoms with Crippen molar-refractivity contribution in [1.29, 1.82) is 0 Å². The Kier molecular flexibility index (Phi) is 6.41. The molecule has 0 saturated heterocycles. The van der Waals surface area contributed by atoms with Gasteiger partial charge in [0.05, 0.1) is 6.61 Å². The first kappa shape index (κ1) is 21.0. The summed E-state index contributed by atoms with van der Waals surface area (Å²) in [5, 5.41) is 6.72. The van der Waals surface area contributed by atoms with Gasteiger partial charge in [-0.15, -0.1) is 0 Å². The second-order valence-corrected chi connectivity index (χ2v) is 6.76. The number of anilines is 1. The molecule has 1 N–H and O–H groups in total. The number of rotatable bonds is 8. The smallest absolute Gasteiger partial charge is 0.262 e. The van der Waals surface area contributed by atoms with E-state index in [1.165, 1.54) is 12.1 Å². The summed E-state index contributed by atoms with van der Waals surface area (Å²) in [5.74, 6) is 1.06. The van der Waals surface area contributed by atoms with Crippen LogP contribution in [0.25, 0.3) is 22.8 Å². The average Bonchev–Trinajstić information content (AvgIpc) is 3.30. The third-order valence-corrected chi connectivity index (χ3v) is 4.41. The summed E-state index contributed by atoms with van der Waals surface area (Å²) in [4.78, 5) is 16.5. The van der Waals surface area contributed by atoms with Crippen molar-refractivity contribution in [3.05, 3.63) is 78.6 Å². The van der Waals surface area contributed by atoms with Crippen molar-refractivity contribution in [3.8, 4) is 34.3 Å². The molecule has 0 atom stereocenters. The highest BCUT2D eigenvalue weighted by Gasteiger charge is 2.12. The molecule has 162 valence electrons. The van der Waals surface area contributed by atoms with Crippen LogP contribution in [0.15, 0.2) is 77.3 Å². The molecule has 0 fully saturated rings. The number of carbonyl (C=O) groups is 1. The van der Waals surface area contributed by atoms with E-state index in [1.54, 1.807) is 60.7 Å². The third kappa shape index (κ3) is 5.28. The number of benzene rings is 3. The molecule has 0 aliphatic carbocycles. The maximum atomic E-state index is 13.4. The fraction of sp³-hybridized carbons (Fsp3) is 0.125. The van der Waals surface area contributed by atoms with Crippen LogP contribution >= 0.6 is 0 Å². The molecule has 7 nitrogen and oxygen atoms in total. The van der Waals surface area contributed by atoms with Crippen molar-refractivity contribution < 1.29 is 23.2 Å². The van der Waals surface area contributed by atoms with Gasteiger partial charge >= 0.3 is 0 Å². The highest BCUT2D eigenvalue weighted by molar-refractivity contribution is 5.91. The van der Waals surface area contributed by atoms with E-state index in [4.69, 9.17) is 14.0 Å². The number of nitrogens with one attached hydrogen (secondary N) is 1. The Morgan fingerprint density at radius 1 is 0.969 bits per heavy atom. The first-order valence-electron chi connectivity index (χ1n) is 9.96. The third-order valence-electron chi connectivity index (χ3n) is 4.41. The van der Waals surface area contributed by atoms with E-state index in [9.17, 15) is 9.18 Å². The van der Waals surface area contributed by atoms with Crippen LogP contribution in [0.5, 0.6) is 11.5 Å². The molecule has 0 unspecified atom stereocenters. The number of hydrogen-bond donors (Lipinski definition) is 1. The molecule has 1 amide bonds. The molecule has 0 aliphatic rings. The van der Waals surface area contributed by atoms with Crippen LogP contribution < -0.4 is 14.8 Å². The lowest BCUT2D eigenvalue weighted by molar-refractivity contribution is -0.118. The van der Waals surface area contributed by atoms with Crippen LogP contribution in [-0.4, -0.2) is 29.3 Å². The summed E-state index contributed by atoms with van der Waals surface area (Å²) in [5.41, 5.74) is 1.77. The molecule has 0 bridgehead atoms. The minimum absolute atomic E-state index is 0.169. The van der Waals surface area contributed by atoms with Crippen molar-refractivity contribution >= 4 is 11.6 Å². The largest absolute Gasteiger partial charge is 0.494 e. The van der Waals surface area contributed by atoms with Gasteiger partial charge in [0, 0.05) is 16.8 Å². The van der Waals surface area contributed by atoms with Crippen molar-refractivity contribution in [1.82, 2.24) is 10.1 Å². The lowest BCUT2D eigenvalue weighted by atomic mass is 10.2. The van der Waals surface area contributed by atoms with Gasteiger partial charge < -0.3 is 19.3 Å². The van der Waals surface area contributed by atoms with E-state index in [0.717, 1.165) is 5.75 Å². The van der Waals surface area contributed by atoms with Gasteiger partial charge in [0.15, 0.2) is 6.61 Å². The van der Waals surface area contributed by atoms with Crippen LogP contribution in [0.2, 0.25) is 0 Å². The zero-order valence-electron chi connectivity index (χ0n) is 17.2. The molecule has 8 heteroatoms. The summed E-state index contributed by atoms with van der Waals surface area (Å²) >= 11 is 0. The number of halogens is 1. The van der Waals surface area contributed by atoms with Crippen LogP contribution in [0.1, 0.15) is 6.92 Å². The van der Waals surface area contributed by atoms with E-state index in [0.29, 0.717) is 35.0 Å². The van der Waals surface area contributed by atoms with Gasteiger partial charge in [0.1, 0.15) is 17.3 Å². The number of amides is 1. The van der Waals surface area contributed by atoms with Crippen LogP contribution in [0.4, 0.5) is 10.1 Å². The standard InChI is InChI=1S/C24H20FN3O4/c1-2-30-20-11-9-19(10-12-20)26-22(29)15-31-21-8-4-5-16(14-21)23-27-24(32-28-23)17-6-3-7-18(25)13-17/h3-14H,2,15H2,1H3,(H,26,29). The molecule has 4 rings (SSSR count). The number of nitrogens with zero attached hydrogens (tertiary/aromatic N) is 2. The van der Waals surface area contributed by atoms with Crippen LogP contribution in [0.3, 0.4) is 0 Å². The topological polar surface area (TPSA) is 86.5 Å². The van der Waals surface area contributed by atoms with Crippen molar-refractivity contribution in [3.63, 3.8) is 0 Å². The summed E-state index contributed by atoms with van der Waals surface area (Å²) in [6, 6.07) is 20.0. The average molecular weight is 433 g/mol. The van der Waals surface area contributed by atoms with Crippen molar-refractivity contribution in [2.24, 2.45) is 0 Å². The van der Waals surface area contributed by atoms with Crippen molar-refractivity contribution in [2.45, 2.75) is 6.92 Å². The molecule has 0 radical (unpaired) electrons. The van der Waals surface area contributed by atoms with Gasteiger partial charge in [-0.1, -0.05) is 23.4 Å². The summed E-state index contributed by atoms with van der Waals surface area (Å²) in [6.07, 6.45) is 0. The zero-order chi connectivity index (χ0) is 22.3. The number of carbonyl (C=O) groups excluding carboxylic acids is 1. The van der Waals surface area contributed by atoms with E-state index in [-0.39, 0.29) is 24.2 Å². The first-order valence-corrected chi connectivity index (χ1v) is 9.96. The SMILES string of the molecule is CCOc1ccc(NC(=O)COc2cccc(-c3noc(-c4cccc(F)c4)n3)c2)cc1. The Hall–Kier alpha value is -4.20. The Bertz CT molecular complexity index is 1210. The fourth-order valence-corrected chi connectivity index (χ4v) is 2.95. The van der Waals surface area contributed by atoms with Crippen LogP contribution in [0, 0.1) is 5.82 Å². The van der Waals surface area contributed by atoms with E-state index in [2.05, 4.69) is 15.5 Å². The molecule has 0 spiro atoms. The molecule has 4 aromatic rings. The normalized spacial score (nSPS) is 10.6. The van der Waals surface area contributed by atoms with Gasteiger partial charge in [-0.2, -0.15) is 4.98 Å². The second kappa shape index (κ2) is 9.74. The Morgan fingerprint density at radius 3 is 2.53 bits per heavy atom. The number of ether oxygens (including phenoxy) is 2. The van der Waals surface area contributed by atoms with Gasteiger partial charge in [-0.05, 0) is 61.5 Å². The maximum Gasteiger partial charge on any atom is 0.262 e. The lowest BCUT2D eigenvalue weighted by Gasteiger charge is -2.09. The molecule has 32 heavy (non-hydrogen) atoms. The molecule has 0 saturated carbocycles. The number of aromatic nitrogens is 2. The highest BCUT2D eigenvalue weighted by atomic mass is 19.1. The van der Waals surface area contributed by atoms with Gasteiger partial charge in [0.25, 0.3) is 11.8 Å². The molecule has 0 aliphatic heterocycles. The predicted octanol–water partition coefficient (Wildman–Crippen LogP) is 4.96. The van der Waals surface area contributed by atoms with Gasteiger partial charge in [-0.3, -0.25) is 4.79 Å². The minimum atomic E-state index is -0.388. The quantitative estimate of drug-likeness (QED) is 0.423. The molecular formula is C24H20FN3O4. The Morgan fingerprint density at radius 2 is 1.75 bits per heavy atom. The van der Waals surface area contributed by atoms with E-state index >= 15 is 0 Å². The lowest BCUT2D eigenvalue weighted by Crippen LogP contribution is -2.20. The number of hydrogen-bond acceptors (Lipinski definition) is 6. The predicted molar refractivity (Wildman–Crippen MR) is 117 cm³/mol. The van der Waals surface area contributed by atoms with E-state index in [1.807, 2.05) is 6.92 Å². The maximum absolute atomic E-state index is 13.4. The van der Waals surface area contributed by atoms with Crippen LogP contribution in [-0.2, 0) is 4.79 Å². The van der Waals surface area contributed by atoms with Crippen molar-refractivity contribution in [2.75, 3.05) is 18.5 Å². The summed E-state index contributed by atoms with van der Waals surface area (Å²) < 4.78 is 29.7. The van der Waals surface area contributed by atoms with Gasteiger partial charge in [0.2, 0.25) is 5.82 Å². The molecule has 1 heterocycles. The monoisotopic (exact) mass is 433 g/mol. The summed E-state index contributed by atoms with van der Waals surface area (Å²) in [7, 11) is 0. The fourth-order valence-electron chi connectivity index (χ4n) is 2.95. The summed E-state index contributed by atoms with van der Waals surface area (Å²) in [6.45, 7) is 2.32. The van der Waals surface area contributed by atoms with Gasteiger partial charge in [-0.25, -0.2) is 4.39 Å². The van der Waals surface area contributed by atoms with E-state index < -0.39 is 0 Å². The molecule has 1 aromatic heterocycles. The molecule has 3 aromatic carbocycles. The second-order valence-electron chi connectivity index (χ2n) is 6.76. The highest BCUT2D eigenvalue weighted by Crippen LogP contribution is 2.25. The Balaban J connectivity index is 1.37. The molecular weight excluding hydrogens is 413 g/mol. The first-order chi connectivity index (χ1) is 15.6.